The van der Waals surface area contributed by atoms with Crippen LogP contribution in [0.15, 0.2) is 87.5 Å². The van der Waals surface area contributed by atoms with Crippen molar-refractivity contribution in [1.82, 2.24) is 0 Å². The first-order valence-electron chi connectivity index (χ1n) is 8.59. The summed E-state index contributed by atoms with van der Waals surface area (Å²) in [6.07, 6.45) is 0. The second kappa shape index (κ2) is 7.77. The van der Waals surface area contributed by atoms with Crippen molar-refractivity contribution in [2.75, 3.05) is 0 Å². The average molecular weight is 494 g/mol. The van der Waals surface area contributed by atoms with Crippen molar-refractivity contribution in [3.05, 3.63) is 89.5 Å². The molecule has 3 aromatic carbocycles. The zero-order valence-corrected chi connectivity index (χ0v) is 18.7. The molecule has 0 amide bonds. The van der Waals surface area contributed by atoms with E-state index in [1.165, 1.54) is 31.4 Å². The molecule has 0 nitrogen and oxygen atoms in total. The normalized spacial score (nSPS) is 13.9. The number of aryl methyl sites for hydroxylation is 3. The molecule has 0 aliphatic rings. The molecule has 0 aliphatic heterocycles. The summed E-state index contributed by atoms with van der Waals surface area (Å²) >= 11 is -11.1. The van der Waals surface area contributed by atoms with E-state index in [2.05, 4.69) is 93.6 Å². The van der Waals surface area contributed by atoms with Crippen LogP contribution < -0.4 is 0 Å². The Kier molecular flexibility index (Phi) is 6.27. The number of benzene rings is 3. The molecule has 3 aromatic rings. The first-order valence-corrected chi connectivity index (χ1v) is 14.1. The second-order valence-corrected chi connectivity index (χ2v) is 12.8. The van der Waals surface area contributed by atoms with Crippen LogP contribution in [0.2, 0.25) is 0 Å². The van der Waals surface area contributed by atoms with E-state index >= 15 is 0 Å². The predicted molar refractivity (Wildman–Crippen MR) is 108 cm³/mol. The van der Waals surface area contributed by atoms with Gasteiger partial charge >= 0.3 is 35.0 Å². The second-order valence-electron chi connectivity index (χ2n) is 6.70. The molecule has 158 valence electrons. The number of rotatable bonds is 3. The van der Waals surface area contributed by atoms with Gasteiger partial charge in [-0.2, -0.15) is 0 Å². The minimum absolute atomic E-state index is 0.0394. The number of hydrogen-bond acceptors (Lipinski definition) is 0. The summed E-state index contributed by atoms with van der Waals surface area (Å²) in [5, 5.41) is 0. The third kappa shape index (κ3) is 9.46. The van der Waals surface area contributed by atoms with Gasteiger partial charge in [-0.3, -0.25) is 0 Å². The molecule has 29 heavy (non-hydrogen) atoms. The average Bonchev–Trinajstić information content (AvgIpc) is 2.57. The molecule has 8 heteroatoms. The van der Waals surface area contributed by atoms with E-state index in [9.17, 15) is 20.8 Å². The maximum absolute atomic E-state index is 11.1. The van der Waals surface area contributed by atoms with Gasteiger partial charge in [-0.25, -0.2) is 0 Å². The molecule has 0 N–H and O–H groups in total. The Labute approximate surface area is 170 Å². The summed E-state index contributed by atoms with van der Waals surface area (Å²) in [6, 6.07) is 26.8. The zero-order valence-electron chi connectivity index (χ0n) is 16.1. The third-order valence-electron chi connectivity index (χ3n) is 3.77. The van der Waals surface area contributed by atoms with Crippen molar-refractivity contribution < 1.29 is 20.8 Å². The molecular formula is C21H21AsF6S. The van der Waals surface area contributed by atoms with E-state index < -0.39 is 14.2 Å². The monoisotopic (exact) mass is 494 g/mol. The number of hydrogen-bond donors (Lipinski definition) is 0. The minimum atomic E-state index is -11.1. The Balaban J connectivity index is 0.000000370. The summed E-state index contributed by atoms with van der Waals surface area (Å²) in [6.45, 7) is 6.42. The van der Waals surface area contributed by atoms with Crippen molar-refractivity contribution in [3.8, 4) is 0 Å². The van der Waals surface area contributed by atoms with Crippen LogP contribution in [0.3, 0.4) is 0 Å². The molecule has 0 fully saturated rings. The van der Waals surface area contributed by atoms with Gasteiger partial charge in [-0.15, -0.1) is 0 Å². The molecule has 0 aliphatic carbocycles. The zero-order chi connectivity index (χ0) is 21.9. The van der Waals surface area contributed by atoms with Crippen LogP contribution in [0, 0.1) is 20.8 Å². The summed E-state index contributed by atoms with van der Waals surface area (Å²) in [5.41, 5.74) is 3.92. The van der Waals surface area contributed by atoms with E-state index in [4.69, 9.17) is 0 Å². The molecule has 0 unspecified atom stereocenters. The Bertz CT molecular complexity index is 828. The Hall–Kier alpha value is -1.85. The van der Waals surface area contributed by atoms with Gasteiger partial charge in [0.1, 0.15) is 0 Å². The van der Waals surface area contributed by atoms with Gasteiger partial charge in [0.05, 0.1) is 10.9 Å². The molecule has 0 bridgehead atoms. The summed E-state index contributed by atoms with van der Waals surface area (Å²) in [7, 11) is -0.0394. The Morgan fingerprint density at radius 3 is 0.793 bits per heavy atom. The van der Waals surface area contributed by atoms with Crippen molar-refractivity contribution >= 4 is 25.1 Å². The Morgan fingerprint density at radius 2 is 0.621 bits per heavy atom. The molecule has 0 radical (unpaired) electrons. The molecule has 0 aromatic heterocycles. The number of halogens is 6. The molecule has 3 rings (SSSR count). The van der Waals surface area contributed by atoms with E-state index in [0.717, 1.165) is 0 Å². The molecule has 0 saturated heterocycles. The molecule has 0 atom stereocenters. The first-order chi connectivity index (χ1) is 13.1. The Morgan fingerprint density at radius 1 is 0.448 bits per heavy atom. The van der Waals surface area contributed by atoms with Crippen LogP contribution in [-0.4, -0.2) is 14.2 Å². The summed E-state index contributed by atoms with van der Waals surface area (Å²) in [4.78, 5) is 4.12. The van der Waals surface area contributed by atoms with Gasteiger partial charge in [-0.1, -0.05) is 53.1 Å². The molecular weight excluding hydrogens is 473 g/mol. The standard InChI is InChI=1S/C21H21S.AsF6/c1-16-4-10-19(11-5-16)22(20-12-6-17(2)7-13-20)21-14-8-18(3)9-15-21;2-1(3,4,5,6)7/h4-15H,1-3H3;/q+1;-1. The maximum atomic E-state index is 9.91. The van der Waals surface area contributed by atoms with Crippen molar-refractivity contribution in [2.45, 2.75) is 35.5 Å². The molecule has 0 saturated carbocycles. The van der Waals surface area contributed by atoms with Gasteiger partial charge in [-0.05, 0) is 57.2 Å². The fourth-order valence-electron chi connectivity index (χ4n) is 2.43. The van der Waals surface area contributed by atoms with Gasteiger partial charge in [0, 0.05) is 0 Å². The van der Waals surface area contributed by atoms with Crippen molar-refractivity contribution in [2.24, 2.45) is 0 Å². The van der Waals surface area contributed by atoms with E-state index in [1.807, 2.05) is 0 Å². The van der Waals surface area contributed by atoms with Crippen LogP contribution in [0.1, 0.15) is 16.7 Å². The van der Waals surface area contributed by atoms with E-state index in [0.29, 0.717) is 0 Å². The van der Waals surface area contributed by atoms with Crippen molar-refractivity contribution in [3.63, 3.8) is 0 Å². The van der Waals surface area contributed by atoms with Crippen molar-refractivity contribution in [1.29, 1.82) is 0 Å². The van der Waals surface area contributed by atoms with E-state index in [-0.39, 0.29) is 10.9 Å². The first kappa shape index (κ1) is 23.4. The predicted octanol–water partition coefficient (Wildman–Crippen LogP) is 7.85. The molecule has 0 spiro atoms. The van der Waals surface area contributed by atoms with Crippen LogP contribution in [0.5, 0.6) is 0 Å². The van der Waals surface area contributed by atoms with Gasteiger partial charge < -0.3 is 0 Å². The summed E-state index contributed by atoms with van der Waals surface area (Å²) < 4.78 is 59.4. The van der Waals surface area contributed by atoms with Gasteiger partial charge in [0.15, 0.2) is 14.7 Å². The van der Waals surface area contributed by atoms with Crippen LogP contribution >= 0.6 is 0 Å². The van der Waals surface area contributed by atoms with Gasteiger partial charge in [0.2, 0.25) is 0 Å². The van der Waals surface area contributed by atoms with E-state index in [1.54, 1.807) is 0 Å². The van der Waals surface area contributed by atoms with Crippen LogP contribution in [-0.2, 0) is 10.9 Å². The van der Waals surface area contributed by atoms with Crippen LogP contribution in [0.25, 0.3) is 0 Å². The fraction of sp³-hybridized carbons (Fsp3) is 0.143. The third-order valence-corrected chi connectivity index (χ3v) is 6.00. The van der Waals surface area contributed by atoms with Gasteiger partial charge in [0.25, 0.3) is 0 Å². The topological polar surface area (TPSA) is 0 Å². The summed E-state index contributed by atoms with van der Waals surface area (Å²) in [5.74, 6) is 0. The SMILES string of the molecule is Cc1ccc([S+](c2ccc(C)cc2)c2ccc(C)cc2)cc1.F[As-](F)(F)(F)(F)F. The molecule has 0 heterocycles. The van der Waals surface area contributed by atoms with Crippen LogP contribution in [0.4, 0.5) is 20.8 Å². The fourth-order valence-corrected chi connectivity index (χ4v) is 4.47. The quantitative estimate of drug-likeness (QED) is 0.198.